The number of carbonyl (C=O) groups excluding carboxylic acids is 1. The maximum atomic E-state index is 13.1. The van der Waals surface area contributed by atoms with E-state index < -0.39 is 0 Å². The molecule has 1 aromatic heterocycles. The van der Waals surface area contributed by atoms with Gasteiger partial charge in [-0.05, 0) is 36.2 Å². The lowest BCUT2D eigenvalue weighted by atomic mass is 9.93. The number of ether oxygens (including phenoxy) is 2. The van der Waals surface area contributed by atoms with Crippen LogP contribution in [0.2, 0.25) is 0 Å². The monoisotopic (exact) mass is 448 g/mol. The lowest BCUT2D eigenvalue weighted by molar-refractivity contribution is 0.0929. The van der Waals surface area contributed by atoms with Gasteiger partial charge in [-0.1, -0.05) is 43.7 Å². The first-order chi connectivity index (χ1) is 16.1. The molecule has 0 radical (unpaired) electrons. The minimum atomic E-state index is -0.160. The Balaban J connectivity index is 1.59. The highest BCUT2D eigenvalue weighted by molar-refractivity contribution is 5.92. The number of aromatic amines is 1. The summed E-state index contributed by atoms with van der Waals surface area (Å²) >= 11 is 0. The molecule has 7 nitrogen and oxygen atoms in total. The van der Waals surface area contributed by atoms with Crippen LogP contribution in [-0.2, 0) is 13.0 Å². The molecular formula is C26H32N4O3. The molecular weight excluding hydrogens is 416 g/mol. The number of amides is 1. The van der Waals surface area contributed by atoms with E-state index >= 15 is 0 Å². The van der Waals surface area contributed by atoms with Crippen LogP contribution in [0.3, 0.4) is 0 Å². The fraction of sp³-hybridized carbons (Fsp3) is 0.385. The van der Waals surface area contributed by atoms with Gasteiger partial charge >= 0.3 is 0 Å². The second-order valence-electron chi connectivity index (χ2n) is 8.50. The Morgan fingerprint density at radius 2 is 1.94 bits per heavy atom. The number of carbonyl (C=O) groups is 1. The van der Waals surface area contributed by atoms with Crippen molar-refractivity contribution in [1.29, 1.82) is 0 Å². The molecule has 33 heavy (non-hydrogen) atoms. The number of benzene rings is 2. The van der Waals surface area contributed by atoms with Gasteiger partial charge in [0.2, 0.25) is 0 Å². The van der Waals surface area contributed by atoms with Crippen molar-refractivity contribution in [2.75, 3.05) is 27.3 Å². The fourth-order valence-corrected chi connectivity index (χ4v) is 4.56. The Bertz CT molecular complexity index is 1070. The third-order valence-corrected chi connectivity index (χ3v) is 6.18. The highest BCUT2D eigenvalue weighted by Crippen LogP contribution is 2.37. The number of hydrogen-bond donors (Lipinski definition) is 2. The molecule has 1 amide bonds. The first-order valence-corrected chi connectivity index (χ1v) is 11.4. The predicted molar refractivity (Wildman–Crippen MR) is 128 cm³/mol. The molecule has 4 rings (SSSR count). The number of nitrogens with zero attached hydrogens (tertiary/aromatic N) is 2. The molecule has 2 heterocycles. The number of H-pyrrole nitrogens is 1. The molecule has 1 saturated heterocycles. The Morgan fingerprint density at radius 1 is 1.12 bits per heavy atom. The summed E-state index contributed by atoms with van der Waals surface area (Å²) in [6, 6.07) is 18.0. The van der Waals surface area contributed by atoms with Gasteiger partial charge < -0.3 is 14.8 Å². The molecule has 7 heteroatoms. The van der Waals surface area contributed by atoms with Crippen molar-refractivity contribution in [1.82, 2.24) is 20.4 Å². The summed E-state index contributed by atoms with van der Waals surface area (Å²) in [5.74, 6) is 1.46. The van der Waals surface area contributed by atoms with Crippen LogP contribution in [0.15, 0.2) is 54.6 Å². The highest BCUT2D eigenvalue weighted by Gasteiger charge is 2.37. The van der Waals surface area contributed by atoms with E-state index in [2.05, 4.69) is 51.6 Å². The maximum Gasteiger partial charge on any atom is 0.272 e. The van der Waals surface area contributed by atoms with E-state index in [-0.39, 0.29) is 17.9 Å². The number of nitrogens with one attached hydrogen (secondary N) is 2. The van der Waals surface area contributed by atoms with Crippen molar-refractivity contribution in [3.63, 3.8) is 0 Å². The van der Waals surface area contributed by atoms with Gasteiger partial charge in [0.05, 0.1) is 20.3 Å². The Morgan fingerprint density at radius 3 is 2.67 bits per heavy atom. The summed E-state index contributed by atoms with van der Waals surface area (Å²) in [7, 11) is 3.33. The molecule has 0 saturated carbocycles. The van der Waals surface area contributed by atoms with E-state index in [4.69, 9.17) is 9.47 Å². The Hall–Kier alpha value is -3.32. The predicted octanol–water partition coefficient (Wildman–Crippen LogP) is 3.78. The average molecular weight is 449 g/mol. The van der Waals surface area contributed by atoms with Crippen LogP contribution < -0.4 is 14.8 Å². The van der Waals surface area contributed by atoms with E-state index in [0.29, 0.717) is 5.69 Å². The Labute approximate surface area is 195 Å². The number of rotatable bonds is 9. The van der Waals surface area contributed by atoms with Crippen LogP contribution in [0, 0.1) is 0 Å². The molecule has 0 bridgehead atoms. The van der Waals surface area contributed by atoms with Crippen molar-refractivity contribution in [2.45, 2.75) is 38.3 Å². The largest absolute Gasteiger partial charge is 0.497 e. The number of aromatic nitrogens is 2. The first-order valence-electron chi connectivity index (χ1n) is 11.4. The van der Waals surface area contributed by atoms with Crippen LogP contribution in [-0.4, -0.2) is 54.4 Å². The van der Waals surface area contributed by atoms with Gasteiger partial charge in [-0.15, -0.1) is 0 Å². The van der Waals surface area contributed by atoms with Crippen LogP contribution >= 0.6 is 0 Å². The van der Waals surface area contributed by atoms with Gasteiger partial charge in [-0.3, -0.25) is 14.8 Å². The second kappa shape index (κ2) is 10.5. The number of aryl methyl sites for hydroxylation is 1. The van der Waals surface area contributed by atoms with E-state index in [1.165, 1.54) is 5.56 Å². The summed E-state index contributed by atoms with van der Waals surface area (Å²) in [5.41, 5.74) is 3.69. The molecule has 1 aliphatic heterocycles. The molecule has 3 aromatic rings. The first kappa shape index (κ1) is 22.9. The molecule has 0 aliphatic carbocycles. The third kappa shape index (κ3) is 5.37. The molecule has 1 aliphatic rings. The normalized spacial score (nSPS) is 18.3. The molecule has 2 atom stereocenters. The molecule has 0 spiro atoms. The fourth-order valence-electron chi connectivity index (χ4n) is 4.56. The summed E-state index contributed by atoms with van der Waals surface area (Å²) in [6.45, 7) is 4.45. The molecule has 0 unspecified atom stereocenters. The summed E-state index contributed by atoms with van der Waals surface area (Å²) in [5, 5.41) is 10.4. The molecule has 1 fully saturated rings. The Kier molecular flexibility index (Phi) is 7.29. The van der Waals surface area contributed by atoms with Gasteiger partial charge in [0.25, 0.3) is 5.91 Å². The SMILES string of the molecule is CCCc1cc(C(=O)N[C@@H]2CN(Cc3ccccc3)C[C@H]2c2cc(OC)ccc2OC)n[nH]1. The zero-order valence-electron chi connectivity index (χ0n) is 19.5. The van der Waals surface area contributed by atoms with Crippen molar-refractivity contribution in [3.05, 3.63) is 77.1 Å². The van der Waals surface area contributed by atoms with Gasteiger partial charge in [0, 0.05) is 36.8 Å². The number of methoxy groups -OCH3 is 2. The topological polar surface area (TPSA) is 79.5 Å². The van der Waals surface area contributed by atoms with Gasteiger partial charge in [0.15, 0.2) is 0 Å². The number of hydrogen-bond acceptors (Lipinski definition) is 5. The van der Waals surface area contributed by atoms with Crippen LogP contribution in [0.5, 0.6) is 11.5 Å². The van der Waals surface area contributed by atoms with Crippen molar-refractivity contribution in [2.24, 2.45) is 0 Å². The minimum absolute atomic E-state index is 0.0526. The lowest BCUT2D eigenvalue weighted by Gasteiger charge is -2.22. The lowest BCUT2D eigenvalue weighted by Crippen LogP contribution is -2.40. The van der Waals surface area contributed by atoms with Gasteiger partial charge in [-0.2, -0.15) is 5.10 Å². The van der Waals surface area contributed by atoms with Crippen molar-refractivity contribution < 1.29 is 14.3 Å². The van der Waals surface area contributed by atoms with E-state index in [1.807, 2.05) is 30.3 Å². The van der Waals surface area contributed by atoms with Gasteiger partial charge in [-0.25, -0.2) is 0 Å². The van der Waals surface area contributed by atoms with Crippen LogP contribution in [0.1, 0.15) is 46.6 Å². The van der Waals surface area contributed by atoms with Crippen molar-refractivity contribution in [3.8, 4) is 11.5 Å². The quantitative estimate of drug-likeness (QED) is 0.521. The highest BCUT2D eigenvalue weighted by atomic mass is 16.5. The summed E-state index contributed by atoms with van der Waals surface area (Å²) in [4.78, 5) is 15.4. The second-order valence-corrected chi connectivity index (χ2v) is 8.50. The third-order valence-electron chi connectivity index (χ3n) is 6.18. The van der Waals surface area contributed by atoms with E-state index in [0.717, 1.165) is 55.2 Å². The zero-order valence-corrected chi connectivity index (χ0v) is 19.5. The van der Waals surface area contributed by atoms with Crippen molar-refractivity contribution >= 4 is 5.91 Å². The standard InChI is InChI=1S/C26H32N4O3/c1-4-8-19-13-23(29-28-19)26(31)27-24-17-30(15-18-9-6-5-7-10-18)16-22(24)21-14-20(32-2)11-12-25(21)33-3/h5-7,9-14,22,24H,4,8,15-17H2,1-3H3,(H,27,31)(H,28,29)/t22-,24+/m0/s1. The smallest absolute Gasteiger partial charge is 0.272 e. The molecule has 2 N–H and O–H groups in total. The van der Waals surface area contributed by atoms with Crippen LogP contribution in [0.4, 0.5) is 0 Å². The molecule has 2 aromatic carbocycles. The van der Waals surface area contributed by atoms with Crippen LogP contribution in [0.25, 0.3) is 0 Å². The van der Waals surface area contributed by atoms with Gasteiger partial charge in [0.1, 0.15) is 17.2 Å². The minimum Gasteiger partial charge on any atom is -0.497 e. The zero-order chi connectivity index (χ0) is 23.2. The summed E-state index contributed by atoms with van der Waals surface area (Å²) in [6.07, 6.45) is 1.87. The molecule has 174 valence electrons. The average Bonchev–Trinajstić information content (AvgIpc) is 3.46. The summed E-state index contributed by atoms with van der Waals surface area (Å²) < 4.78 is 11.2. The number of likely N-dealkylation sites (tertiary alicyclic amines) is 1. The maximum absolute atomic E-state index is 13.1. The van der Waals surface area contributed by atoms with E-state index in [9.17, 15) is 4.79 Å². The van der Waals surface area contributed by atoms with E-state index in [1.54, 1.807) is 14.2 Å².